The molecule has 3 rings (SSSR count). The highest BCUT2D eigenvalue weighted by Gasteiger charge is 2.21. The Balaban J connectivity index is 1.78. The molecule has 136 valence electrons. The molecule has 11 heteroatoms. The van der Waals surface area contributed by atoms with Crippen LogP contribution in [0.2, 0.25) is 0 Å². The number of aryl methyl sites for hydroxylation is 2. The average molecular weight is 393 g/mol. The number of nitrogens with zero attached hydrogens (tertiary/aromatic N) is 3. The summed E-state index contributed by atoms with van der Waals surface area (Å²) >= 11 is 0.765. The van der Waals surface area contributed by atoms with Crippen LogP contribution in [0, 0.1) is 13.8 Å². The molecule has 1 amide bonds. The number of amides is 1. The highest BCUT2D eigenvalue weighted by molar-refractivity contribution is 7.94. The summed E-state index contributed by atoms with van der Waals surface area (Å²) < 4.78 is 32.3. The molecule has 2 heterocycles. The first-order chi connectivity index (χ1) is 12.2. The number of benzene rings is 1. The van der Waals surface area contributed by atoms with E-state index in [-0.39, 0.29) is 15.4 Å². The fourth-order valence-electron chi connectivity index (χ4n) is 2.21. The fraction of sp³-hybridized carbons (Fsp3) is 0.200. The van der Waals surface area contributed by atoms with Crippen LogP contribution in [0.4, 0.5) is 10.8 Å². The van der Waals surface area contributed by atoms with Gasteiger partial charge in [0.2, 0.25) is 11.0 Å². The number of oxazole rings is 1. The minimum atomic E-state index is -3.90. The number of hydrogen-bond acceptors (Lipinski definition) is 8. The molecule has 0 atom stereocenters. The van der Waals surface area contributed by atoms with Crippen molar-refractivity contribution in [1.82, 2.24) is 15.2 Å². The molecule has 0 spiro atoms. The number of rotatable bonds is 5. The maximum atomic E-state index is 12.4. The largest absolute Gasteiger partial charge is 0.446 e. The number of sulfonamides is 1. The van der Waals surface area contributed by atoms with E-state index in [1.165, 1.54) is 6.92 Å². The van der Waals surface area contributed by atoms with Crippen molar-refractivity contribution in [2.75, 3.05) is 10.0 Å². The molecule has 9 nitrogen and oxygen atoms in total. The Morgan fingerprint density at radius 2 is 1.85 bits per heavy atom. The van der Waals surface area contributed by atoms with Gasteiger partial charge in [-0.25, -0.2) is 4.98 Å². The van der Waals surface area contributed by atoms with E-state index in [2.05, 4.69) is 25.2 Å². The van der Waals surface area contributed by atoms with Gasteiger partial charge in [0.25, 0.3) is 14.4 Å². The lowest BCUT2D eigenvalue weighted by atomic mass is 10.1. The van der Waals surface area contributed by atoms with Crippen LogP contribution < -0.4 is 10.0 Å². The Kier molecular flexibility index (Phi) is 4.74. The minimum absolute atomic E-state index is 0.116. The number of carbonyl (C=O) groups excluding carboxylic acids is 1. The van der Waals surface area contributed by atoms with E-state index >= 15 is 0 Å². The lowest BCUT2D eigenvalue weighted by Crippen LogP contribution is -2.12. The first-order valence-electron chi connectivity index (χ1n) is 7.43. The topological polar surface area (TPSA) is 127 Å². The molecule has 0 radical (unpaired) electrons. The molecule has 0 saturated heterocycles. The molecule has 2 aromatic heterocycles. The Bertz CT molecular complexity index is 1050. The molecule has 0 aliphatic rings. The number of hydrogen-bond donors (Lipinski definition) is 2. The molecule has 3 aromatic rings. The van der Waals surface area contributed by atoms with Crippen LogP contribution in [0.3, 0.4) is 0 Å². The molecule has 2 N–H and O–H groups in total. The Morgan fingerprint density at radius 1 is 1.15 bits per heavy atom. The predicted octanol–water partition coefficient (Wildman–Crippen LogP) is 2.57. The second kappa shape index (κ2) is 6.84. The van der Waals surface area contributed by atoms with Crippen LogP contribution in [0.1, 0.15) is 18.6 Å². The summed E-state index contributed by atoms with van der Waals surface area (Å²) in [5, 5.41) is 9.73. The molecule has 1 aromatic carbocycles. The number of carbonyl (C=O) groups is 1. The minimum Gasteiger partial charge on any atom is -0.446 e. The third-order valence-corrected chi connectivity index (χ3v) is 5.82. The molecule has 26 heavy (non-hydrogen) atoms. The first kappa shape index (κ1) is 18.0. The Hall–Kier alpha value is -2.79. The van der Waals surface area contributed by atoms with E-state index in [0.29, 0.717) is 23.0 Å². The smallest absolute Gasteiger partial charge is 0.291 e. The zero-order valence-electron chi connectivity index (χ0n) is 14.1. The molecular weight excluding hydrogens is 378 g/mol. The highest BCUT2D eigenvalue weighted by atomic mass is 32.2. The van der Waals surface area contributed by atoms with Crippen LogP contribution in [0.5, 0.6) is 0 Å². The van der Waals surface area contributed by atoms with E-state index < -0.39 is 10.0 Å². The highest BCUT2D eigenvalue weighted by Crippen LogP contribution is 2.26. The van der Waals surface area contributed by atoms with Gasteiger partial charge >= 0.3 is 0 Å². The summed E-state index contributed by atoms with van der Waals surface area (Å²) in [6.07, 6.45) is 0. The van der Waals surface area contributed by atoms with Crippen LogP contribution in [-0.2, 0) is 14.8 Å². The third-order valence-electron chi connectivity index (χ3n) is 3.23. The van der Waals surface area contributed by atoms with Crippen LogP contribution in [0.25, 0.3) is 11.3 Å². The normalized spacial score (nSPS) is 11.3. The van der Waals surface area contributed by atoms with Crippen molar-refractivity contribution in [1.29, 1.82) is 0 Å². The number of aromatic nitrogens is 3. The van der Waals surface area contributed by atoms with Crippen molar-refractivity contribution in [3.63, 3.8) is 0 Å². The lowest BCUT2D eigenvalue weighted by molar-refractivity contribution is -0.114. The van der Waals surface area contributed by atoms with Crippen molar-refractivity contribution in [2.45, 2.75) is 25.1 Å². The fourth-order valence-corrected chi connectivity index (χ4v) is 4.22. The number of anilines is 2. The summed E-state index contributed by atoms with van der Waals surface area (Å²) in [4.78, 5) is 15.3. The SMILES string of the molecule is CC(=O)Nc1nnc(S(=O)(=O)Nc2ccc(-c3nc(C)oc3C)cc2)s1. The van der Waals surface area contributed by atoms with E-state index in [4.69, 9.17) is 4.42 Å². The van der Waals surface area contributed by atoms with Gasteiger partial charge in [-0.05, 0) is 19.1 Å². The zero-order chi connectivity index (χ0) is 18.9. The van der Waals surface area contributed by atoms with Gasteiger partial charge < -0.3 is 9.73 Å². The second-order valence-electron chi connectivity index (χ2n) is 5.37. The summed E-state index contributed by atoms with van der Waals surface area (Å²) in [6, 6.07) is 6.72. The van der Waals surface area contributed by atoms with Gasteiger partial charge in [0.05, 0.1) is 0 Å². The molecule has 0 fully saturated rings. The predicted molar refractivity (Wildman–Crippen MR) is 96.4 cm³/mol. The molecule has 0 aliphatic carbocycles. The molecular formula is C15H15N5O4S2. The van der Waals surface area contributed by atoms with Gasteiger partial charge in [-0.2, -0.15) is 8.42 Å². The van der Waals surface area contributed by atoms with Crippen molar-refractivity contribution in [2.24, 2.45) is 0 Å². The summed E-state index contributed by atoms with van der Waals surface area (Å²) in [5.74, 6) is 0.899. The molecule has 0 saturated carbocycles. The third kappa shape index (κ3) is 3.89. The second-order valence-corrected chi connectivity index (χ2v) is 8.21. The van der Waals surface area contributed by atoms with Crippen molar-refractivity contribution >= 4 is 38.1 Å². The Labute approximate surface area is 153 Å². The van der Waals surface area contributed by atoms with Gasteiger partial charge in [0.1, 0.15) is 11.5 Å². The Morgan fingerprint density at radius 3 is 2.42 bits per heavy atom. The van der Waals surface area contributed by atoms with Gasteiger partial charge in [-0.3, -0.25) is 9.52 Å². The maximum Gasteiger partial charge on any atom is 0.291 e. The van der Waals surface area contributed by atoms with Crippen molar-refractivity contribution in [3.8, 4) is 11.3 Å². The summed E-state index contributed by atoms with van der Waals surface area (Å²) in [5.41, 5.74) is 1.88. The quantitative estimate of drug-likeness (QED) is 0.638. The maximum absolute atomic E-state index is 12.4. The van der Waals surface area contributed by atoms with Crippen LogP contribution >= 0.6 is 11.3 Å². The zero-order valence-corrected chi connectivity index (χ0v) is 15.7. The molecule has 0 bridgehead atoms. The summed E-state index contributed by atoms with van der Waals surface area (Å²) in [6.45, 7) is 4.87. The monoisotopic (exact) mass is 393 g/mol. The first-order valence-corrected chi connectivity index (χ1v) is 9.73. The van der Waals surface area contributed by atoms with E-state index in [1.54, 1.807) is 31.2 Å². The lowest BCUT2D eigenvalue weighted by Gasteiger charge is -2.06. The summed E-state index contributed by atoms with van der Waals surface area (Å²) in [7, 11) is -3.90. The van der Waals surface area contributed by atoms with Crippen molar-refractivity contribution < 1.29 is 17.6 Å². The van der Waals surface area contributed by atoms with E-state index in [9.17, 15) is 13.2 Å². The van der Waals surface area contributed by atoms with Gasteiger partial charge in [-0.1, -0.05) is 23.5 Å². The van der Waals surface area contributed by atoms with E-state index in [0.717, 1.165) is 16.9 Å². The van der Waals surface area contributed by atoms with Gasteiger partial charge in [0, 0.05) is 25.1 Å². The van der Waals surface area contributed by atoms with E-state index in [1.807, 2.05) is 6.92 Å². The van der Waals surface area contributed by atoms with Crippen molar-refractivity contribution in [3.05, 3.63) is 35.9 Å². The standard InChI is InChI=1S/C15H15N5O4S2/c1-8-13(17-10(3)24-8)11-4-6-12(7-5-11)20-26(22,23)15-19-18-14(25-15)16-9(2)21/h4-7,20H,1-3H3,(H,16,18,21). The van der Waals surface area contributed by atoms with Crippen LogP contribution in [-0.4, -0.2) is 29.5 Å². The van der Waals surface area contributed by atoms with Gasteiger partial charge in [-0.15, -0.1) is 10.2 Å². The molecule has 0 aliphatic heterocycles. The average Bonchev–Trinajstić information content (AvgIpc) is 3.14. The van der Waals surface area contributed by atoms with Crippen LogP contribution in [0.15, 0.2) is 33.0 Å². The molecule has 0 unspecified atom stereocenters. The van der Waals surface area contributed by atoms with Gasteiger partial charge in [0.15, 0.2) is 5.89 Å². The number of nitrogens with one attached hydrogen (secondary N) is 2.